The van der Waals surface area contributed by atoms with Crippen LogP contribution in [0.5, 0.6) is 0 Å². The highest BCUT2D eigenvalue weighted by atomic mass is 16.7. The number of rotatable bonds is 1. The number of likely N-dealkylation sites (N-methyl/N-ethyl adjacent to an activating group) is 1. The van der Waals surface area contributed by atoms with Crippen LogP contribution in [0.3, 0.4) is 0 Å². The molecule has 3 heteroatoms. The van der Waals surface area contributed by atoms with Crippen LogP contribution in [0, 0.1) is 0 Å². The highest BCUT2D eigenvalue weighted by Gasteiger charge is 2.08. The van der Waals surface area contributed by atoms with Gasteiger partial charge in [0.25, 0.3) is 0 Å². The topological polar surface area (TPSA) is 32.7 Å². The summed E-state index contributed by atoms with van der Waals surface area (Å²) < 4.78 is 0. The molecule has 0 aromatic heterocycles. The van der Waals surface area contributed by atoms with Crippen LogP contribution in [-0.2, 0) is 4.84 Å². The maximum absolute atomic E-state index is 8.46. The van der Waals surface area contributed by atoms with Crippen LogP contribution in [0.4, 0.5) is 0 Å². The van der Waals surface area contributed by atoms with E-state index in [2.05, 4.69) is 0 Å². The first kappa shape index (κ1) is 5.59. The van der Waals surface area contributed by atoms with E-state index in [9.17, 15) is 0 Å². The number of hydrogen-bond acceptors (Lipinski definition) is 3. The van der Waals surface area contributed by atoms with Gasteiger partial charge in [0.15, 0.2) is 0 Å². The predicted molar refractivity (Wildman–Crippen MR) is 28.9 cm³/mol. The Morgan fingerprint density at radius 1 is 2.00 bits per heavy atom. The highest BCUT2D eigenvalue weighted by molar-refractivity contribution is 4.97. The molecular formula is C5H9NO2. The molecule has 0 aliphatic carbocycles. The molecule has 0 fully saturated rings. The molecule has 0 atom stereocenters. The van der Waals surface area contributed by atoms with Crippen molar-refractivity contribution in [2.75, 3.05) is 20.2 Å². The Morgan fingerprint density at radius 3 is 3.00 bits per heavy atom. The van der Waals surface area contributed by atoms with Crippen LogP contribution in [0.1, 0.15) is 0 Å². The molecule has 0 unspecified atom stereocenters. The summed E-state index contributed by atoms with van der Waals surface area (Å²) in [6.45, 7) is 0.778. The van der Waals surface area contributed by atoms with Gasteiger partial charge in [-0.15, -0.1) is 5.06 Å². The molecular weight excluding hydrogens is 106 g/mol. The summed E-state index contributed by atoms with van der Waals surface area (Å²) in [7, 11) is 1.82. The van der Waals surface area contributed by atoms with E-state index in [-0.39, 0.29) is 6.61 Å². The van der Waals surface area contributed by atoms with E-state index in [0.29, 0.717) is 5.76 Å². The third kappa shape index (κ3) is 0.993. The Morgan fingerprint density at radius 2 is 2.75 bits per heavy atom. The lowest BCUT2D eigenvalue weighted by Gasteiger charge is -2.07. The first-order valence-corrected chi connectivity index (χ1v) is 2.52. The number of nitrogens with zero attached hydrogens (tertiary/aromatic N) is 1. The average Bonchev–Trinajstić information content (AvgIpc) is 2.14. The summed E-state index contributed by atoms with van der Waals surface area (Å²) in [6, 6.07) is 0. The Balaban J connectivity index is 2.37. The maximum Gasteiger partial charge on any atom is 0.147 e. The summed E-state index contributed by atoms with van der Waals surface area (Å²) in [5, 5.41) is 10.1. The van der Waals surface area contributed by atoms with Gasteiger partial charge in [-0.1, -0.05) is 0 Å². The van der Waals surface area contributed by atoms with Crippen molar-refractivity contribution in [2.45, 2.75) is 0 Å². The molecule has 1 aliphatic rings. The molecule has 0 saturated carbocycles. The number of aliphatic hydroxyl groups is 1. The average molecular weight is 115 g/mol. The van der Waals surface area contributed by atoms with E-state index in [1.54, 1.807) is 5.06 Å². The summed E-state index contributed by atoms with van der Waals surface area (Å²) in [5.74, 6) is 0.646. The Bertz CT molecular complexity index is 111. The Labute approximate surface area is 48.1 Å². The number of hydroxylamine groups is 2. The molecule has 1 heterocycles. The van der Waals surface area contributed by atoms with Crippen LogP contribution < -0.4 is 0 Å². The van der Waals surface area contributed by atoms with Crippen LogP contribution >= 0.6 is 0 Å². The van der Waals surface area contributed by atoms with Crippen molar-refractivity contribution in [2.24, 2.45) is 0 Å². The van der Waals surface area contributed by atoms with Crippen LogP contribution in [0.25, 0.3) is 0 Å². The van der Waals surface area contributed by atoms with E-state index in [4.69, 9.17) is 9.94 Å². The van der Waals surface area contributed by atoms with Gasteiger partial charge >= 0.3 is 0 Å². The van der Waals surface area contributed by atoms with Gasteiger partial charge in [-0.05, 0) is 6.08 Å². The second-order valence-electron chi connectivity index (χ2n) is 1.73. The Hall–Kier alpha value is -0.540. The van der Waals surface area contributed by atoms with Crippen molar-refractivity contribution in [3.05, 3.63) is 11.8 Å². The van der Waals surface area contributed by atoms with E-state index in [1.165, 1.54) is 0 Å². The standard InChI is InChI=1S/C5H9NO2/c1-6-3-2-5(4-7)8-6/h2,7H,3-4H2,1H3. The normalized spacial score (nSPS) is 20.5. The van der Waals surface area contributed by atoms with Crippen molar-refractivity contribution in [3.63, 3.8) is 0 Å². The lowest BCUT2D eigenvalue weighted by atomic mass is 10.5. The van der Waals surface area contributed by atoms with E-state index in [1.807, 2.05) is 13.1 Å². The third-order valence-corrected chi connectivity index (χ3v) is 1.00. The van der Waals surface area contributed by atoms with Gasteiger partial charge in [-0.2, -0.15) is 0 Å². The molecule has 1 aliphatic heterocycles. The van der Waals surface area contributed by atoms with Gasteiger partial charge < -0.3 is 9.94 Å². The lowest BCUT2D eigenvalue weighted by Crippen LogP contribution is -2.11. The van der Waals surface area contributed by atoms with E-state index < -0.39 is 0 Å². The van der Waals surface area contributed by atoms with Crippen LogP contribution in [0.15, 0.2) is 11.8 Å². The van der Waals surface area contributed by atoms with Gasteiger partial charge in [0, 0.05) is 7.05 Å². The van der Waals surface area contributed by atoms with Crippen molar-refractivity contribution < 1.29 is 9.94 Å². The number of hydrogen-bond donors (Lipinski definition) is 1. The van der Waals surface area contributed by atoms with Crippen molar-refractivity contribution in [1.82, 2.24) is 5.06 Å². The quantitative estimate of drug-likeness (QED) is 0.511. The van der Waals surface area contributed by atoms with E-state index in [0.717, 1.165) is 6.54 Å². The van der Waals surface area contributed by atoms with Crippen molar-refractivity contribution >= 4 is 0 Å². The summed E-state index contributed by atoms with van der Waals surface area (Å²) in [4.78, 5) is 4.95. The minimum Gasteiger partial charge on any atom is -0.408 e. The lowest BCUT2D eigenvalue weighted by molar-refractivity contribution is -0.0755. The molecule has 8 heavy (non-hydrogen) atoms. The van der Waals surface area contributed by atoms with E-state index >= 15 is 0 Å². The smallest absolute Gasteiger partial charge is 0.147 e. The SMILES string of the molecule is CN1CC=C(CO)O1. The molecule has 1 N–H and O–H groups in total. The summed E-state index contributed by atoms with van der Waals surface area (Å²) in [5.41, 5.74) is 0. The number of aliphatic hydroxyl groups excluding tert-OH is 1. The zero-order valence-electron chi connectivity index (χ0n) is 4.79. The first-order valence-electron chi connectivity index (χ1n) is 2.52. The molecule has 1 rings (SSSR count). The largest absolute Gasteiger partial charge is 0.408 e. The van der Waals surface area contributed by atoms with Crippen molar-refractivity contribution in [3.8, 4) is 0 Å². The zero-order valence-corrected chi connectivity index (χ0v) is 4.79. The molecule has 0 aromatic rings. The van der Waals surface area contributed by atoms with Gasteiger partial charge in [0.1, 0.15) is 12.4 Å². The molecule has 0 radical (unpaired) electrons. The second-order valence-corrected chi connectivity index (χ2v) is 1.73. The molecule has 0 aromatic carbocycles. The monoisotopic (exact) mass is 115 g/mol. The first-order chi connectivity index (χ1) is 3.83. The Kier molecular flexibility index (Phi) is 1.50. The summed E-state index contributed by atoms with van der Waals surface area (Å²) >= 11 is 0. The van der Waals surface area contributed by atoms with Gasteiger partial charge in [-0.3, -0.25) is 0 Å². The maximum atomic E-state index is 8.46. The van der Waals surface area contributed by atoms with Gasteiger partial charge in [0.05, 0.1) is 6.54 Å². The molecule has 46 valence electrons. The molecule has 0 amide bonds. The fourth-order valence-corrected chi connectivity index (χ4v) is 0.598. The second kappa shape index (κ2) is 2.15. The molecule has 0 saturated heterocycles. The van der Waals surface area contributed by atoms with Gasteiger partial charge in [-0.25, -0.2) is 0 Å². The fourth-order valence-electron chi connectivity index (χ4n) is 0.598. The van der Waals surface area contributed by atoms with Crippen LogP contribution in [0.2, 0.25) is 0 Å². The third-order valence-electron chi connectivity index (χ3n) is 1.00. The minimum atomic E-state index is 0.00431. The van der Waals surface area contributed by atoms with Gasteiger partial charge in [0.2, 0.25) is 0 Å². The fraction of sp³-hybridized carbons (Fsp3) is 0.600. The molecule has 0 spiro atoms. The van der Waals surface area contributed by atoms with Crippen LogP contribution in [-0.4, -0.2) is 30.4 Å². The molecule has 3 nitrogen and oxygen atoms in total. The molecule has 0 bridgehead atoms. The highest BCUT2D eigenvalue weighted by Crippen LogP contribution is 2.06. The minimum absolute atomic E-state index is 0.00431. The predicted octanol–water partition coefficient (Wildman–Crippen LogP) is -0.260. The zero-order chi connectivity index (χ0) is 5.98. The summed E-state index contributed by atoms with van der Waals surface area (Å²) in [6.07, 6.45) is 1.85. The van der Waals surface area contributed by atoms with Crippen molar-refractivity contribution in [1.29, 1.82) is 0 Å².